The van der Waals surface area contributed by atoms with Crippen LogP contribution in [0.4, 0.5) is 5.69 Å². The Morgan fingerprint density at radius 1 is 1.11 bits per heavy atom. The van der Waals surface area contributed by atoms with Crippen LogP contribution in [0.15, 0.2) is 47.4 Å². The maximum absolute atomic E-state index is 12.1. The summed E-state index contributed by atoms with van der Waals surface area (Å²) in [5.41, 5.74) is 0.949. The Morgan fingerprint density at radius 2 is 1.78 bits per heavy atom. The van der Waals surface area contributed by atoms with E-state index in [9.17, 15) is 8.42 Å². The van der Waals surface area contributed by atoms with Crippen LogP contribution in [0.25, 0.3) is 0 Å². The van der Waals surface area contributed by atoms with Gasteiger partial charge in [0.25, 0.3) is 10.0 Å². The molecule has 0 aliphatic rings. The van der Waals surface area contributed by atoms with Crippen LogP contribution in [0, 0.1) is 6.92 Å². The molecule has 1 N–H and O–H groups in total. The molecular weight excluding hydrogens is 272 g/mol. The highest BCUT2D eigenvalue weighted by molar-refractivity contribution is 7.92. The summed E-state index contributed by atoms with van der Waals surface area (Å²) in [6.07, 6.45) is 0. The standard InChI is InChI=1S/C12H11ClN2O2S/c1-9-11(7-8-12(13)14-9)15-18(16,17)10-5-3-2-4-6-10/h2-8,15H,1H3. The van der Waals surface area contributed by atoms with Gasteiger partial charge >= 0.3 is 0 Å². The Labute approximate surface area is 111 Å². The van der Waals surface area contributed by atoms with Crippen molar-refractivity contribution in [2.75, 3.05) is 4.72 Å². The topological polar surface area (TPSA) is 59.1 Å². The maximum atomic E-state index is 12.1. The Kier molecular flexibility index (Phi) is 3.54. The highest BCUT2D eigenvalue weighted by Gasteiger charge is 2.14. The first-order chi connectivity index (χ1) is 8.49. The van der Waals surface area contributed by atoms with Crippen LogP contribution >= 0.6 is 11.6 Å². The van der Waals surface area contributed by atoms with Gasteiger partial charge < -0.3 is 0 Å². The van der Waals surface area contributed by atoms with Crippen LogP contribution in [0.1, 0.15) is 5.69 Å². The van der Waals surface area contributed by atoms with Crippen LogP contribution < -0.4 is 4.72 Å². The van der Waals surface area contributed by atoms with E-state index in [1.807, 2.05) is 0 Å². The van der Waals surface area contributed by atoms with Gasteiger partial charge in [0, 0.05) is 0 Å². The number of benzene rings is 1. The monoisotopic (exact) mass is 282 g/mol. The summed E-state index contributed by atoms with van der Waals surface area (Å²) in [5.74, 6) is 0. The lowest BCUT2D eigenvalue weighted by Crippen LogP contribution is -2.14. The molecule has 0 saturated heterocycles. The number of hydrogen-bond acceptors (Lipinski definition) is 3. The summed E-state index contributed by atoms with van der Waals surface area (Å²) in [4.78, 5) is 4.20. The number of nitrogens with one attached hydrogen (secondary N) is 1. The van der Waals surface area contributed by atoms with Gasteiger partial charge in [0.05, 0.1) is 16.3 Å². The van der Waals surface area contributed by atoms with Gasteiger partial charge in [-0.05, 0) is 31.2 Å². The summed E-state index contributed by atoms with van der Waals surface area (Å²) in [6.45, 7) is 1.69. The average molecular weight is 283 g/mol. The number of pyridine rings is 1. The zero-order valence-electron chi connectivity index (χ0n) is 9.59. The summed E-state index contributed by atoms with van der Waals surface area (Å²) < 4.78 is 26.6. The fraction of sp³-hybridized carbons (Fsp3) is 0.0833. The lowest BCUT2D eigenvalue weighted by molar-refractivity contribution is 0.601. The van der Waals surface area contributed by atoms with E-state index < -0.39 is 10.0 Å². The molecule has 4 nitrogen and oxygen atoms in total. The van der Waals surface area contributed by atoms with Gasteiger partial charge in [0.2, 0.25) is 0 Å². The third kappa shape index (κ3) is 2.80. The molecule has 2 rings (SSSR count). The van der Waals surface area contributed by atoms with Crippen LogP contribution in [0.3, 0.4) is 0 Å². The predicted octanol–water partition coefficient (Wildman–Crippen LogP) is 2.84. The molecule has 94 valence electrons. The zero-order chi connectivity index (χ0) is 13.2. The number of aryl methyl sites for hydroxylation is 1. The average Bonchev–Trinajstić information content (AvgIpc) is 2.34. The Hall–Kier alpha value is -1.59. The van der Waals surface area contributed by atoms with Gasteiger partial charge in [-0.25, -0.2) is 13.4 Å². The fourth-order valence-corrected chi connectivity index (χ4v) is 2.77. The quantitative estimate of drug-likeness (QED) is 0.881. The molecule has 0 spiro atoms. The van der Waals surface area contributed by atoms with Crippen molar-refractivity contribution in [3.8, 4) is 0 Å². The Bertz CT molecular complexity index is 657. The maximum Gasteiger partial charge on any atom is 0.261 e. The molecule has 0 bridgehead atoms. The van der Waals surface area contributed by atoms with E-state index in [1.54, 1.807) is 31.2 Å². The molecule has 1 heterocycles. The first kappa shape index (κ1) is 12.9. The van der Waals surface area contributed by atoms with Crippen molar-refractivity contribution in [2.45, 2.75) is 11.8 Å². The van der Waals surface area contributed by atoms with E-state index >= 15 is 0 Å². The number of aromatic nitrogens is 1. The summed E-state index contributed by atoms with van der Waals surface area (Å²) in [7, 11) is -3.58. The summed E-state index contributed by atoms with van der Waals surface area (Å²) in [6, 6.07) is 11.3. The SMILES string of the molecule is Cc1nc(Cl)ccc1NS(=O)(=O)c1ccccc1. The number of hydrogen-bond donors (Lipinski definition) is 1. The van der Waals surface area contributed by atoms with Crippen molar-refractivity contribution in [1.29, 1.82) is 0 Å². The first-order valence-electron chi connectivity index (χ1n) is 5.20. The molecule has 0 fully saturated rings. The Balaban J connectivity index is 2.34. The number of halogens is 1. The van der Waals surface area contributed by atoms with Crippen molar-refractivity contribution in [2.24, 2.45) is 0 Å². The summed E-state index contributed by atoms with van der Waals surface area (Å²) in [5, 5.41) is 0.329. The normalized spacial score (nSPS) is 11.2. The van der Waals surface area contributed by atoms with Crippen molar-refractivity contribution in [1.82, 2.24) is 4.98 Å². The molecule has 1 aromatic heterocycles. The zero-order valence-corrected chi connectivity index (χ0v) is 11.2. The largest absolute Gasteiger partial charge is 0.278 e. The minimum absolute atomic E-state index is 0.208. The van der Waals surface area contributed by atoms with E-state index in [2.05, 4.69) is 9.71 Å². The molecule has 0 radical (unpaired) electrons. The molecule has 0 amide bonds. The number of rotatable bonds is 3. The minimum Gasteiger partial charge on any atom is -0.278 e. The lowest BCUT2D eigenvalue weighted by Gasteiger charge is -2.09. The lowest BCUT2D eigenvalue weighted by atomic mass is 10.3. The highest BCUT2D eigenvalue weighted by atomic mass is 35.5. The number of sulfonamides is 1. The molecule has 1 aromatic carbocycles. The molecule has 0 atom stereocenters. The first-order valence-corrected chi connectivity index (χ1v) is 7.06. The molecule has 2 aromatic rings. The van der Waals surface area contributed by atoms with Crippen molar-refractivity contribution in [3.05, 3.63) is 53.3 Å². The molecule has 0 saturated carbocycles. The van der Waals surface area contributed by atoms with Crippen molar-refractivity contribution < 1.29 is 8.42 Å². The Morgan fingerprint density at radius 3 is 2.39 bits per heavy atom. The minimum atomic E-state index is -3.58. The third-order valence-corrected chi connectivity index (χ3v) is 3.94. The number of nitrogens with zero attached hydrogens (tertiary/aromatic N) is 1. The molecule has 18 heavy (non-hydrogen) atoms. The highest BCUT2D eigenvalue weighted by Crippen LogP contribution is 2.19. The molecule has 0 unspecified atom stereocenters. The van der Waals surface area contributed by atoms with Gasteiger partial charge in [-0.2, -0.15) is 0 Å². The van der Waals surface area contributed by atoms with Crippen molar-refractivity contribution in [3.63, 3.8) is 0 Å². The third-order valence-electron chi connectivity index (χ3n) is 2.35. The van der Waals surface area contributed by atoms with E-state index in [1.165, 1.54) is 18.2 Å². The molecule has 0 aliphatic carbocycles. The van der Waals surface area contributed by atoms with Crippen LogP contribution in [0.5, 0.6) is 0 Å². The molecular formula is C12H11ClN2O2S. The number of anilines is 1. The van der Waals surface area contributed by atoms with Gasteiger partial charge in [0.15, 0.2) is 0 Å². The predicted molar refractivity (Wildman–Crippen MR) is 71.2 cm³/mol. The van der Waals surface area contributed by atoms with Crippen molar-refractivity contribution >= 4 is 27.3 Å². The van der Waals surface area contributed by atoms with Gasteiger partial charge in [-0.3, -0.25) is 4.72 Å². The summed E-state index contributed by atoms with van der Waals surface area (Å²) >= 11 is 5.72. The molecule has 6 heteroatoms. The van der Waals surface area contributed by atoms with E-state index in [0.717, 1.165) is 0 Å². The van der Waals surface area contributed by atoms with E-state index in [-0.39, 0.29) is 4.90 Å². The van der Waals surface area contributed by atoms with Gasteiger partial charge in [-0.15, -0.1) is 0 Å². The fourth-order valence-electron chi connectivity index (χ4n) is 1.44. The second-order valence-corrected chi connectivity index (χ2v) is 5.76. The van der Waals surface area contributed by atoms with Crippen LogP contribution in [-0.2, 0) is 10.0 Å². The van der Waals surface area contributed by atoms with Gasteiger partial charge in [-0.1, -0.05) is 29.8 Å². The van der Waals surface area contributed by atoms with E-state index in [4.69, 9.17) is 11.6 Å². The second kappa shape index (κ2) is 4.96. The van der Waals surface area contributed by atoms with E-state index in [0.29, 0.717) is 16.5 Å². The van der Waals surface area contributed by atoms with Gasteiger partial charge in [0.1, 0.15) is 5.15 Å². The van der Waals surface area contributed by atoms with Crippen LogP contribution in [0.2, 0.25) is 5.15 Å². The van der Waals surface area contributed by atoms with Crippen LogP contribution in [-0.4, -0.2) is 13.4 Å². The smallest absolute Gasteiger partial charge is 0.261 e. The molecule has 0 aliphatic heterocycles. The second-order valence-electron chi connectivity index (χ2n) is 3.69.